The minimum absolute atomic E-state index is 0.131. The molecule has 3 saturated heterocycles. The molecule has 2 aromatic carbocycles. The van der Waals surface area contributed by atoms with E-state index < -0.39 is 36.3 Å². The van der Waals surface area contributed by atoms with Crippen molar-refractivity contribution >= 4 is 34.5 Å². The summed E-state index contributed by atoms with van der Waals surface area (Å²) in [6.07, 6.45) is 1.30. The minimum atomic E-state index is -1.41. The molecule has 2 unspecified atom stereocenters. The molecule has 5 atom stereocenters. The fraction of sp³-hybridized carbons (Fsp3) is 0.462. The van der Waals surface area contributed by atoms with Crippen LogP contribution in [0.2, 0.25) is 0 Å². The zero-order valence-corrected chi connectivity index (χ0v) is 19.8. The standard InChI is InChI=1S/C26H30N4O6/c31-22-12-20(26(35)36-22)29-24(33)21-14-27-13-16-8-2-4-11-19(25(34)30(16)21)28-23(32)18-10-5-7-15-6-1-3-9-17(15)18/h1,3,5-7,9-10,16,19-21,26-27,35H,2,4,8,11-14H2,(H,28,32)(H,29,33)/t16-,19-,20?,21-,26?/m0/s1. The Kier molecular flexibility index (Phi) is 6.88. The molecule has 10 nitrogen and oxygen atoms in total. The van der Waals surface area contributed by atoms with Crippen LogP contribution in [0, 0.1) is 0 Å². The van der Waals surface area contributed by atoms with Crippen LogP contribution in [0.25, 0.3) is 10.8 Å². The van der Waals surface area contributed by atoms with Crippen LogP contribution < -0.4 is 16.0 Å². The Morgan fingerprint density at radius 2 is 1.78 bits per heavy atom. The molecular weight excluding hydrogens is 464 g/mol. The van der Waals surface area contributed by atoms with E-state index in [4.69, 9.17) is 4.74 Å². The van der Waals surface area contributed by atoms with E-state index in [0.717, 1.165) is 30.0 Å². The average molecular weight is 495 g/mol. The number of cyclic esters (lactones) is 1. The summed E-state index contributed by atoms with van der Waals surface area (Å²) in [6.45, 7) is 0.781. The Labute approximate surface area is 208 Å². The van der Waals surface area contributed by atoms with E-state index in [2.05, 4.69) is 16.0 Å². The lowest BCUT2D eigenvalue weighted by Crippen LogP contribution is -2.67. The maximum atomic E-state index is 13.8. The van der Waals surface area contributed by atoms with E-state index in [1.54, 1.807) is 11.0 Å². The van der Waals surface area contributed by atoms with Gasteiger partial charge in [-0.3, -0.25) is 19.2 Å². The number of aliphatic hydroxyl groups excluding tert-OH is 1. The zero-order valence-electron chi connectivity index (χ0n) is 19.8. The molecule has 10 heteroatoms. The highest BCUT2D eigenvalue weighted by atomic mass is 16.6. The lowest BCUT2D eigenvalue weighted by atomic mass is 9.94. The Balaban J connectivity index is 1.36. The monoisotopic (exact) mass is 494 g/mol. The number of benzene rings is 2. The summed E-state index contributed by atoms with van der Waals surface area (Å²) in [5.41, 5.74) is 0.494. The van der Waals surface area contributed by atoms with E-state index in [-0.39, 0.29) is 30.8 Å². The van der Waals surface area contributed by atoms with Gasteiger partial charge in [0.05, 0.1) is 6.42 Å². The van der Waals surface area contributed by atoms with Gasteiger partial charge in [-0.25, -0.2) is 0 Å². The Morgan fingerprint density at radius 1 is 1.00 bits per heavy atom. The second-order valence-corrected chi connectivity index (χ2v) is 9.61. The minimum Gasteiger partial charge on any atom is -0.434 e. The molecule has 5 rings (SSSR count). The van der Waals surface area contributed by atoms with Crippen molar-refractivity contribution in [3.63, 3.8) is 0 Å². The van der Waals surface area contributed by atoms with Crippen molar-refractivity contribution in [1.82, 2.24) is 20.9 Å². The maximum absolute atomic E-state index is 13.8. The summed E-state index contributed by atoms with van der Waals surface area (Å²) >= 11 is 0. The van der Waals surface area contributed by atoms with Crippen LogP contribution in [0.1, 0.15) is 42.5 Å². The summed E-state index contributed by atoms with van der Waals surface area (Å²) in [5.74, 6) is -1.69. The van der Waals surface area contributed by atoms with E-state index in [1.807, 2.05) is 36.4 Å². The van der Waals surface area contributed by atoms with Gasteiger partial charge in [0.25, 0.3) is 5.91 Å². The average Bonchev–Trinajstić information content (AvgIpc) is 3.19. The third-order valence-electron chi connectivity index (χ3n) is 7.23. The summed E-state index contributed by atoms with van der Waals surface area (Å²) in [7, 11) is 0. The van der Waals surface area contributed by atoms with Gasteiger partial charge in [-0.05, 0) is 29.7 Å². The van der Waals surface area contributed by atoms with Crippen LogP contribution in [0.3, 0.4) is 0 Å². The fourth-order valence-electron chi connectivity index (χ4n) is 5.40. The van der Waals surface area contributed by atoms with Gasteiger partial charge in [0.2, 0.25) is 18.1 Å². The van der Waals surface area contributed by atoms with Crippen LogP contribution in [0.4, 0.5) is 0 Å². The van der Waals surface area contributed by atoms with Crippen molar-refractivity contribution in [2.45, 2.75) is 62.6 Å². The largest absolute Gasteiger partial charge is 0.434 e. The number of rotatable bonds is 4. The van der Waals surface area contributed by atoms with Crippen LogP contribution in [-0.2, 0) is 19.1 Å². The summed E-state index contributed by atoms with van der Waals surface area (Å²) in [6, 6.07) is 10.4. The number of fused-ring (bicyclic) bond motifs is 2. The number of nitrogens with zero attached hydrogens (tertiary/aromatic N) is 1. The first-order valence-electron chi connectivity index (χ1n) is 12.4. The SMILES string of the molecule is O=C1CC(NC(=O)[C@@H]2CNC[C@@H]3CCCC[C@H](NC(=O)c4cccc5ccccc45)C(=O)N32)C(O)O1. The number of carbonyl (C=O) groups excluding carboxylic acids is 4. The van der Waals surface area contributed by atoms with Crippen molar-refractivity contribution in [2.75, 3.05) is 13.1 Å². The third kappa shape index (κ3) is 4.78. The van der Waals surface area contributed by atoms with Gasteiger partial charge in [0, 0.05) is 24.7 Å². The number of hydrogen-bond donors (Lipinski definition) is 4. The number of carbonyl (C=O) groups is 4. The first-order valence-corrected chi connectivity index (χ1v) is 12.4. The molecule has 190 valence electrons. The lowest BCUT2D eigenvalue weighted by molar-refractivity contribution is -0.156. The molecule has 0 aromatic heterocycles. The molecule has 3 aliphatic rings. The Morgan fingerprint density at radius 3 is 2.58 bits per heavy atom. The number of piperazine rings is 1. The number of nitrogens with one attached hydrogen (secondary N) is 3. The predicted molar refractivity (Wildman–Crippen MR) is 130 cm³/mol. The summed E-state index contributed by atoms with van der Waals surface area (Å²) in [4.78, 5) is 53.4. The summed E-state index contributed by atoms with van der Waals surface area (Å²) < 4.78 is 4.72. The van der Waals surface area contributed by atoms with Gasteiger partial charge in [0.1, 0.15) is 18.1 Å². The highest BCUT2D eigenvalue weighted by Crippen LogP contribution is 2.24. The van der Waals surface area contributed by atoms with Crippen molar-refractivity contribution in [1.29, 1.82) is 0 Å². The van der Waals surface area contributed by atoms with Gasteiger partial charge in [0.15, 0.2) is 0 Å². The van der Waals surface area contributed by atoms with Crippen LogP contribution >= 0.6 is 0 Å². The van der Waals surface area contributed by atoms with E-state index in [0.29, 0.717) is 18.5 Å². The molecule has 0 saturated carbocycles. The second kappa shape index (κ2) is 10.2. The van der Waals surface area contributed by atoms with Gasteiger partial charge in [-0.2, -0.15) is 0 Å². The Hall–Kier alpha value is -3.50. The molecule has 0 aliphatic carbocycles. The van der Waals surface area contributed by atoms with Crippen molar-refractivity contribution in [3.8, 4) is 0 Å². The zero-order chi connectivity index (χ0) is 25.2. The van der Waals surface area contributed by atoms with Gasteiger partial charge in [-0.15, -0.1) is 0 Å². The van der Waals surface area contributed by atoms with Crippen LogP contribution in [-0.4, -0.2) is 77.2 Å². The van der Waals surface area contributed by atoms with Gasteiger partial charge < -0.3 is 30.7 Å². The number of aliphatic hydroxyl groups is 1. The van der Waals surface area contributed by atoms with Gasteiger partial charge in [-0.1, -0.05) is 49.2 Å². The first kappa shape index (κ1) is 24.2. The molecule has 3 amide bonds. The van der Waals surface area contributed by atoms with Crippen LogP contribution in [0.15, 0.2) is 42.5 Å². The molecular formula is C26H30N4O6. The molecule has 0 bridgehead atoms. The topological polar surface area (TPSA) is 137 Å². The van der Waals surface area contributed by atoms with Gasteiger partial charge >= 0.3 is 5.97 Å². The number of hydrogen-bond acceptors (Lipinski definition) is 7. The molecule has 36 heavy (non-hydrogen) atoms. The number of ether oxygens (including phenoxy) is 1. The first-order chi connectivity index (χ1) is 17.4. The van der Waals surface area contributed by atoms with Crippen molar-refractivity contribution in [2.24, 2.45) is 0 Å². The molecule has 3 fully saturated rings. The fourth-order valence-corrected chi connectivity index (χ4v) is 5.40. The Bertz CT molecular complexity index is 1180. The van der Waals surface area contributed by atoms with E-state index in [1.165, 1.54) is 0 Å². The summed E-state index contributed by atoms with van der Waals surface area (Å²) in [5, 5.41) is 20.5. The predicted octanol–water partition coefficient (Wildman–Crippen LogP) is 0.431. The lowest BCUT2D eigenvalue weighted by Gasteiger charge is -2.44. The third-order valence-corrected chi connectivity index (χ3v) is 7.23. The highest BCUT2D eigenvalue weighted by Gasteiger charge is 2.43. The quantitative estimate of drug-likeness (QED) is 0.453. The van der Waals surface area contributed by atoms with Crippen molar-refractivity contribution < 1.29 is 29.0 Å². The smallest absolute Gasteiger partial charge is 0.310 e. The van der Waals surface area contributed by atoms with Crippen molar-refractivity contribution in [3.05, 3.63) is 48.0 Å². The molecule has 2 aromatic rings. The molecule has 0 radical (unpaired) electrons. The van der Waals surface area contributed by atoms with E-state index >= 15 is 0 Å². The normalized spacial score (nSPS) is 28.6. The van der Waals surface area contributed by atoms with E-state index in [9.17, 15) is 24.3 Å². The molecule has 3 heterocycles. The molecule has 3 aliphatic heterocycles. The maximum Gasteiger partial charge on any atom is 0.310 e. The number of amides is 3. The number of esters is 1. The molecule has 4 N–H and O–H groups in total. The second-order valence-electron chi connectivity index (χ2n) is 9.61. The highest BCUT2D eigenvalue weighted by molar-refractivity contribution is 6.08. The molecule has 0 spiro atoms. The van der Waals surface area contributed by atoms with Crippen LogP contribution in [0.5, 0.6) is 0 Å².